The van der Waals surface area contributed by atoms with Crippen molar-refractivity contribution in [3.63, 3.8) is 0 Å². The van der Waals surface area contributed by atoms with E-state index in [1.54, 1.807) is 0 Å². The van der Waals surface area contributed by atoms with Gasteiger partial charge in [-0.25, -0.2) is 0 Å². The lowest BCUT2D eigenvalue weighted by Gasteiger charge is -2.30. The van der Waals surface area contributed by atoms with Crippen molar-refractivity contribution in [2.24, 2.45) is 0 Å². The van der Waals surface area contributed by atoms with E-state index < -0.39 is 0 Å². The third kappa shape index (κ3) is 5.27. The van der Waals surface area contributed by atoms with Crippen LogP contribution in [0, 0.1) is 0 Å². The molecule has 0 spiro atoms. The molecule has 2 aliphatic carbocycles. The van der Waals surface area contributed by atoms with Gasteiger partial charge in [0, 0.05) is 27.9 Å². The highest BCUT2D eigenvalue weighted by Gasteiger charge is 2.37. The van der Waals surface area contributed by atoms with Gasteiger partial charge < -0.3 is 4.90 Å². The molecule has 262 valence electrons. The van der Waals surface area contributed by atoms with E-state index in [0.29, 0.717) is 17.8 Å². The fourth-order valence-electron chi connectivity index (χ4n) is 9.18. The summed E-state index contributed by atoms with van der Waals surface area (Å²) < 4.78 is 0. The molecule has 2 aliphatic rings. The van der Waals surface area contributed by atoms with Crippen LogP contribution in [0.15, 0.2) is 121 Å². The fourth-order valence-corrected chi connectivity index (χ4v) is 9.18. The minimum Gasteiger partial charge on any atom is -0.310 e. The van der Waals surface area contributed by atoms with Crippen LogP contribution < -0.4 is 4.90 Å². The van der Waals surface area contributed by atoms with Gasteiger partial charge in [-0.05, 0) is 126 Å². The quantitative estimate of drug-likeness (QED) is 0.162. The van der Waals surface area contributed by atoms with Crippen LogP contribution in [0.5, 0.6) is 0 Å². The van der Waals surface area contributed by atoms with Gasteiger partial charge in [0.05, 0.1) is 0 Å². The summed E-state index contributed by atoms with van der Waals surface area (Å²) in [5.41, 5.74) is 21.4. The minimum atomic E-state index is -0.0817. The van der Waals surface area contributed by atoms with Crippen LogP contribution in [0.3, 0.4) is 0 Å². The number of anilines is 3. The fraction of sp³-hybridized carbons (Fsp3) is 0.294. The van der Waals surface area contributed by atoms with Crippen molar-refractivity contribution < 1.29 is 0 Å². The Hall–Kier alpha value is -4.88. The molecule has 0 aliphatic heterocycles. The molecule has 1 heteroatoms. The predicted octanol–water partition coefficient (Wildman–Crippen LogP) is 14.8. The monoisotopic (exact) mass is 679 g/mol. The zero-order chi connectivity index (χ0) is 36.7. The van der Waals surface area contributed by atoms with Crippen LogP contribution in [-0.4, -0.2) is 0 Å². The first-order chi connectivity index (χ1) is 24.8. The summed E-state index contributed by atoms with van der Waals surface area (Å²) in [5, 5.41) is 0. The van der Waals surface area contributed by atoms with E-state index in [2.05, 4.69) is 195 Å². The van der Waals surface area contributed by atoms with E-state index in [9.17, 15) is 0 Å². The zero-order valence-corrected chi connectivity index (χ0v) is 32.7. The van der Waals surface area contributed by atoms with E-state index in [1.165, 1.54) is 89.4 Å². The second kappa shape index (κ2) is 12.4. The molecule has 0 aromatic heterocycles. The van der Waals surface area contributed by atoms with E-state index in [-0.39, 0.29) is 10.8 Å². The maximum Gasteiger partial charge on any atom is 0.0465 e. The summed E-state index contributed by atoms with van der Waals surface area (Å²) in [5.74, 6) is 1.36. The Morgan fingerprint density at radius 2 is 0.808 bits per heavy atom. The molecule has 0 fully saturated rings. The third-order valence-electron chi connectivity index (χ3n) is 12.2. The average Bonchev–Trinajstić information content (AvgIpc) is 3.50. The molecule has 0 amide bonds. The van der Waals surface area contributed by atoms with Crippen LogP contribution in [-0.2, 0) is 10.8 Å². The summed E-state index contributed by atoms with van der Waals surface area (Å²) in [7, 11) is 0. The standard InChI is InChI=1S/C51H53N/c1-31(2)35-27-43(32(3)4)49(44(28-35)33(5)6)34-19-21-36(22-20-34)52(37-23-25-41-39-15-11-13-17-45(39)50(7,8)47(41)29-37)38-24-26-42-40-16-12-14-18-46(40)51(9,10)48(42)30-38/h11-33H,1-10H3. The molecule has 8 rings (SSSR count). The molecule has 1 nitrogen and oxygen atoms in total. The van der Waals surface area contributed by atoms with Crippen LogP contribution in [0.1, 0.15) is 126 Å². The van der Waals surface area contributed by atoms with E-state index in [1.807, 2.05) is 0 Å². The van der Waals surface area contributed by atoms with Gasteiger partial charge in [-0.3, -0.25) is 0 Å². The Morgan fingerprint density at radius 3 is 1.23 bits per heavy atom. The van der Waals surface area contributed by atoms with E-state index >= 15 is 0 Å². The first kappa shape index (κ1) is 34.2. The normalized spacial score (nSPS) is 14.8. The van der Waals surface area contributed by atoms with Gasteiger partial charge in [0.1, 0.15) is 0 Å². The lowest BCUT2D eigenvalue weighted by molar-refractivity contribution is 0.660. The zero-order valence-electron chi connectivity index (χ0n) is 32.7. The Bertz CT molecular complexity index is 2190. The Labute approximate surface area is 312 Å². The maximum absolute atomic E-state index is 2.48. The van der Waals surface area contributed by atoms with Crippen molar-refractivity contribution in [3.8, 4) is 33.4 Å². The lowest BCUT2D eigenvalue weighted by Crippen LogP contribution is -2.18. The summed E-state index contributed by atoms with van der Waals surface area (Å²) in [6.45, 7) is 23.5. The number of hydrogen-bond acceptors (Lipinski definition) is 1. The topological polar surface area (TPSA) is 3.24 Å². The third-order valence-corrected chi connectivity index (χ3v) is 12.2. The number of fused-ring (bicyclic) bond motifs is 6. The molecule has 52 heavy (non-hydrogen) atoms. The van der Waals surface area contributed by atoms with Gasteiger partial charge in [0.15, 0.2) is 0 Å². The summed E-state index contributed by atoms with van der Waals surface area (Å²) in [4.78, 5) is 2.48. The highest BCUT2D eigenvalue weighted by molar-refractivity contribution is 5.89. The van der Waals surface area contributed by atoms with Gasteiger partial charge in [-0.15, -0.1) is 0 Å². The molecule has 0 saturated heterocycles. The van der Waals surface area contributed by atoms with Crippen molar-refractivity contribution in [2.75, 3.05) is 4.90 Å². The highest BCUT2D eigenvalue weighted by atomic mass is 15.1. The van der Waals surface area contributed by atoms with Gasteiger partial charge in [-0.2, -0.15) is 0 Å². The maximum atomic E-state index is 2.48. The van der Waals surface area contributed by atoms with Gasteiger partial charge >= 0.3 is 0 Å². The largest absolute Gasteiger partial charge is 0.310 e. The van der Waals surface area contributed by atoms with E-state index in [4.69, 9.17) is 0 Å². The highest BCUT2D eigenvalue weighted by Crippen LogP contribution is 2.53. The molecule has 6 aromatic rings. The molecule has 0 unspecified atom stereocenters. The second-order valence-electron chi connectivity index (χ2n) is 17.2. The molecular formula is C51H53N. The van der Waals surface area contributed by atoms with Crippen molar-refractivity contribution in [1.82, 2.24) is 0 Å². The van der Waals surface area contributed by atoms with Crippen LogP contribution in [0.25, 0.3) is 33.4 Å². The molecule has 6 aromatic carbocycles. The number of nitrogens with zero attached hydrogens (tertiary/aromatic N) is 1. The molecule has 0 heterocycles. The molecule has 0 atom stereocenters. The van der Waals surface area contributed by atoms with Gasteiger partial charge in [0.25, 0.3) is 0 Å². The molecular weight excluding hydrogens is 627 g/mol. The first-order valence-electron chi connectivity index (χ1n) is 19.4. The van der Waals surface area contributed by atoms with Gasteiger partial charge in [0.2, 0.25) is 0 Å². The molecule has 0 radical (unpaired) electrons. The lowest BCUT2D eigenvalue weighted by atomic mass is 9.81. The Morgan fingerprint density at radius 1 is 0.404 bits per heavy atom. The summed E-state index contributed by atoms with van der Waals surface area (Å²) in [6.07, 6.45) is 0. The van der Waals surface area contributed by atoms with Crippen molar-refractivity contribution in [3.05, 3.63) is 160 Å². The SMILES string of the molecule is CC(C)c1cc(C(C)C)c(-c2ccc(N(c3ccc4c(c3)C(C)(C)c3ccccc3-4)c3ccc4c(c3)C(C)(C)c3ccccc3-4)cc2)c(C(C)C)c1. The van der Waals surface area contributed by atoms with Crippen LogP contribution >= 0.6 is 0 Å². The van der Waals surface area contributed by atoms with E-state index in [0.717, 1.165) is 0 Å². The van der Waals surface area contributed by atoms with Crippen LogP contribution in [0.4, 0.5) is 17.1 Å². The van der Waals surface area contributed by atoms with Crippen molar-refractivity contribution in [1.29, 1.82) is 0 Å². The number of benzene rings is 6. The first-order valence-corrected chi connectivity index (χ1v) is 19.4. The summed E-state index contributed by atoms with van der Waals surface area (Å²) in [6, 6.07) is 46.5. The number of hydrogen-bond donors (Lipinski definition) is 0. The van der Waals surface area contributed by atoms with Crippen molar-refractivity contribution >= 4 is 17.1 Å². The second-order valence-corrected chi connectivity index (χ2v) is 17.2. The molecule has 0 N–H and O–H groups in total. The Balaban J connectivity index is 1.30. The summed E-state index contributed by atoms with van der Waals surface area (Å²) >= 11 is 0. The minimum absolute atomic E-state index is 0.0817. The molecule has 0 bridgehead atoms. The molecule has 0 saturated carbocycles. The van der Waals surface area contributed by atoms with Crippen LogP contribution in [0.2, 0.25) is 0 Å². The van der Waals surface area contributed by atoms with Crippen molar-refractivity contribution in [2.45, 2.75) is 97.8 Å². The average molecular weight is 680 g/mol. The van der Waals surface area contributed by atoms with Gasteiger partial charge in [-0.1, -0.05) is 154 Å². The number of rotatable bonds is 7. The predicted molar refractivity (Wildman–Crippen MR) is 224 cm³/mol. The smallest absolute Gasteiger partial charge is 0.0465 e. The Kier molecular flexibility index (Phi) is 8.14.